The number of fused-ring (bicyclic) bond motifs is 1. The summed E-state index contributed by atoms with van der Waals surface area (Å²) in [6.45, 7) is 1.60. The van der Waals surface area contributed by atoms with E-state index in [2.05, 4.69) is 17.5 Å². The second-order valence-electron chi connectivity index (χ2n) is 3.16. The molecule has 0 amide bonds. The average Bonchev–Trinajstić information content (AvgIpc) is 2.18. The van der Waals surface area contributed by atoms with Crippen molar-refractivity contribution < 1.29 is 4.74 Å². The quantitative estimate of drug-likeness (QED) is 0.738. The molecule has 1 aromatic rings. The van der Waals surface area contributed by atoms with Gasteiger partial charge in [0.05, 0.1) is 0 Å². The van der Waals surface area contributed by atoms with Crippen molar-refractivity contribution in [3.8, 4) is 5.75 Å². The third kappa shape index (κ3) is 1.73. The molecule has 13 heavy (non-hydrogen) atoms. The van der Waals surface area contributed by atoms with Crippen LogP contribution >= 0.6 is 0 Å². The molecule has 0 saturated carbocycles. The average molecular weight is 175 g/mol. The van der Waals surface area contributed by atoms with E-state index < -0.39 is 0 Å². The van der Waals surface area contributed by atoms with Crippen LogP contribution in [0.1, 0.15) is 5.56 Å². The number of nitrogens with one attached hydrogen (secondary N) is 1. The van der Waals surface area contributed by atoms with Gasteiger partial charge in [-0.3, -0.25) is 0 Å². The van der Waals surface area contributed by atoms with Crippen LogP contribution in [0.5, 0.6) is 5.75 Å². The van der Waals surface area contributed by atoms with E-state index in [1.165, 1.54) is 11.1 Å². The number of benzene rings is 1. The molecule has 2 heteroatoms. The number of rotatable bonds is 2. The molecule has 0 radical (unpaired) electrons. The molecule has 1 aliphatic rings. The molecule has 0 saturated heterocycles. The molecule has 0 aromatic heterocycles. The van der Waals surface area contributed by atoms with Crippen molar-refractivity contribution in [2.75, 3.05) is 20.2 Å². The smallest absolute Gasteiger partial charge is 0.127 e. The Kier molecular flexibility index (Phi) is 2.32. The highest BCUT2D eigenvalue weighted by Crippen LogP contribution is 2.25. The summed E-state index contributed by atoms with van der Waals surface area (Å²) in [5, 5.41) is 3.12. The second kappa shape index (κ2) is 3.62. The largest absolute Gasteiger partial charge is 0.489 e. The summed E-state index contributed by atoms with van der Waals surface area (Å²) in [6, 6.07) is 8.10. The second-order valence-corrected chi connectivity index (χ2v) is 3.16. The van der Waals surface area contributed by atoms with Crippen molar-refractivity contribution in [1.82, 2.24) is 5.32 Å². The number of likely N-dealkylation sites (N-methyl/N-ethyl adjacent to an activating group) is 1. The zero-order valence-electron chi connectivity index (χ0n) is 7.71. The van der Waals surface area contributed by atoms with Gasteiger partial charge in [-0.15, -0.1) is 0 Å². The lowest BCUT2D eigenvalue weighted by atomic mass is 10.1. The number of hydrogen-bond donors (Lipinski definition) is 1. The Balaban J connectivity index is 2.28. The summed E-state index contributed by atoms with van der Waals surface area (Å²) in [6.07, 6.45) is 2.19. The molecule has 0 bridgehead atoms. The maximum absolute atomic E-state index is 5.58. The van der Waals surface area contributed by atoms with Gasteiger partial charge in [-0.05, 0) is 24.8 Å². The Morgan fingerprint density at radius 1 is 1.38 bits per heavy atom. The summed E-state index contributed by atoms with van der Waals surface area (Å²) < 4.78 is 5.58. The number of para-hydroxylation sites is 1. The fourth-order valence-corrected chi connectivity index (χ4v) is 1.49. The van der Waals surface area contributed by atoms with E-state index in [4.69, 9.17) is 4.74 Å². The minimum absolute atomic E-state index is 0.706. The Morgan fingerprint density at radius 3 is 3.08 bits per heavy atom. The zero-order chi connectivity index (χ0) is 9.10. The minimum Gasteiger partial charge on any atom is -0.489 e. The van der Waals surface area contributed by atoms with Crippen LogP contribution in [0.2, 0.25) is 0 Å². The van der Waals surface area contributed by atoms with Crippen LogP contribution in [0.4, 0.5) is 0 Å². The number of ether oxygens (including phenoxy) is 1. The van der Waals surface area contributed by atoms with Gasteiger partial charge in [-0.1, -0.05) is 18.2 Å². The normalized spacial score (nSPS) is 14.4. The van der Waals surface area contributed by atoms with Gasteiger partial charge in [0.2, 0.25) is 0 Å². The lowest BCUT2D eigenvalue weighted by molar-refractivity contribution is 0.344. The van der Waals surface area contributed by atoms with E-state index in [1.54, 1.807) is 0 Å². The SMILES string of the molecule is CNCC1=Cc2ccccc2OC1. The molecule has 0 aliphatic carbocycles. The predicted molar refractivity (Wildman–Crippen MR) is 53.8 cm³/mol. The summed E-state index contributed by atoms with van der Waals surface area (Å²) in [5.74, 6) is 0.988. The topological polar surface area (TPSA) is 21.3 Å². The van der Waals surface area contributed by atoms with E-state index in [-0.39, 0.29) is 0 Å². The van der Waals surface area contributed by atoms with Crippen molar-refractivity contribution in [3.05, 3.63) is 35.4 Å². The van der Waals surface area contributed by atoms with Gasteiger partial charge in [-0.25, -0.2) is 0 Å². The van der Waals surface area contributed by atoms with Crippen LogP contribution in [0.25, 0.3) is 6.08 Å². The molecule has 0 unspecified atom stereocenters. The van der Waals surface area contributed by atoms with Gasteiger partial charge in [0.25, 0.3) is 0 Å². The molecule has 0 spiro atoms. The molecular weight excluding hydrogens is 162 g/mol. The maximum Gasteiger partial charge on any atom is 0.127 e. The first-order chi connectivity index (χ1) is 6.40. The molecule has 1 aromatic carbocycles. The summed E-state index contributed by atoms with van der Waals surface area (Å²) in [4.78, 5) is 0. The van der Waals surface area contributed by atoms with E-state index in [1.807, 2.05) is 25.2 Å². The van der Waals surface area contributed by atoms with Crippen LogP contribution in [0, 0.1) is 0 Å². The Labute approximate surface area is 78.2 Å². The van der Waals surface area contributed by atoms with Gasteiger partial charge >= 0.3 is 0 Å². The fraction of sp³-hybridized carbons (Fsp3) is 0.273. The van der Waals surface area contributed by atoms with Crippen molar-refractivity contribution in [1.29, 1.82) is 0 Å². The molecule has 68 valence electrons. The highest BCUT2D eigenvalue weighted by molar-refractivity contribution is 5.62. The van der Waals surface area contributed by atoms with Crippen molar-refractivity contribution >= 4 is 6.08 Å². The molecule has 1 N–H and O–H groups in total. The van der Waals surface area contributed by atoms with Gasteiger partial charge in [0.1, 0.15) is 12.4 Å². The lowest BCUT2D eigenvalue weighted by Crippen LogP contribution is -2.17. The highest BCUT2D eigenvalue weighted by atomic mass is 16.5. The molecule has 0 fully saturated rings. The summed E-state index contributed by atoms with van der Waals surface area (Å²) in [5.41, 5.74) is 2.47. The molecule has 2 rings (SSSR count). The Morgan fingerprint density at radius 2 is 2.23 bits per heavy atom. The van der Waals surface area contributed by atoms with Crippen LogP contribution in [-0.4, -0.2) is 20.2 Å². The molecule has 1 aliphatic heterocycles. The minimum atomic E-state index is 0.706. The first kappa shape index (κ1) is 8.32. The van der Waals surface area contributed by atoms with E-state index in [9.17, 15) is 0 Å². The van der Waals surface area contributed by atoms with Crippen molar-refractivity contribution in [3.63, 3.8) is 0 Å². The molecular formula is C11H13NO. The zero-order valence-corrected chi connectivity index (χ0v) is 7.71. The van der Waals surface area contributed by atoms with E-state index in [0.717, 1.165) is 12.3 Å². The lowest BCUT2D eigenvalue weighted by Gasteiger charge is -2.17. The third-order valence-corrected chi connectivity index (χ3v) is 2.10. The van der Waals surface area contributed by atoms with Gasteiger partial charge in [0.15, 0.2) is 0 Å². The standard InChI is InChI=1S/C11H13NO/c1-12-7-9-6-10-4-2-3-5-11(10)13-8-9/h2-6,12H,7-8H2,1H3. The Bertz CT molecular complexity index is 331. The van der Waals surface area contributed by atoms with Crippen molar-refractivity contribution in [2.24, 2.45) is 0 Å². The van der Waals surface area contributed by atoms with Crippen LogP contribution in [-0.2, 0) is 0 Å². The van der Waals surface area contributed by atoms with E-state index in [0.29, 0.717) is 6.61 Å². The highest BCUT2D eigenvalue weighted by Gasteiger charge is 2.08. The predicted octanol–water partition coefficient (Wildman–Crippen LogP) is 1.68. The molecule has 2 nitrogen and oxygen atoms in total. The molecule has 1 heterocycles. The Hall–Kier alpha value is -1.28. The fourth-order valence-electron chi connectivity index (χ4n) is 1.49. The number of hydrogen-bond acceptors (Lipinski definition) is 2. The first-order valence-corrected chi connectivity index (χ1v) is 4.46. The van der Waals surface area contributed by atoms with Crippen LogP contribution in [0.15, 0.2) is 29.8 Å². The molecule has 0 atom stereocenters. The summed E-state index contributed by atoms with van der Waals surface area (Å²) in [7, 11) is 1.95. The maximum atomic E-state index is 5.58. The van der Waals surface area contributed by atoms with Crippen LogP contribution in [0.3, 0.4) is 0 Å². The van der Waals surface area contributed by atoms with Crippen molar-refractivity contribution in [2.45, 2.75) is 0 Å². The van der Waals surface area contributed by atoms with Gasteiger partial charge in [0, 0.05) is 12.1 Å². The van der Waals surface area contributed by atoms with E-state index >= 15 is 0 Å². The third-order valence-electron chi connectivity index (χ3n) is 2.10. The van der Waals surface area contributed by atoms with Gasteiger partial charge < -0.3 is 10.1 Å². The van der Waals surface area contributed by atoms with Crippen LogP contribution < -0.4 is 10.1 Å². The monoisotopic (exact) mass is 175 g/mol. The summed E-state index contributed by atoms with van der Waals surface area (Å²) >= 11 is 0. The first-order valence-electron chi connectivity index (χ1n) is 4.46. The van der Waals surface area contributed by atoms with Gasteiger partial charge in [-0.2, -0.15) is 0 Å².